The molecule has 112 valence electrons. The zero-order valence-corrected chi connectivity index (χ0v) is 12.3. The first-order valence-electron chi connectivity index (χ1n) is 6.63. The molecule has 0 fully saturated rings. The lowest BCUT2D eigenvalue weighted by atomic mass is 10.1. The molecular formula is C14H22N2O3S. The number of carbonyl (C=O) groups excluding carboxylic acids is 1. The third-order valence-electron chi connectivity index (χ3n) is 2.90. The summed E-state index contributed by atoms with van der Waals surface area (Å²) >= 11 is 4.26. The van der Waals surface area contributed by atoms with Crippen molar-refractivity contribution in [2.75, 3.05) is 32.1 Å². The zero-order chi connectivity index (χ0) is 14.8. The summed E-state index contributed by atoms with van der Waals surface area (Å²) in [5, 5.41) is 20.7. The lowest BCUT2D eigenvalue weighted by Gasteiger charge is -2.25. The van der Waals surface area contributed by atoms with E-state index in [9.17, 15) is 4.79 Å². The van der Waals surface area contributed by atoms with Gasteiger partial charge < -0.3 is 20.4 Å². The molecule has 0 heterocycles. The monoisotopic (exact) mass is 298 g/mol. The standard InChI is InChI=1S/C14H22N2O3S/c17-8-6-16(7-9-18)14(19)15-13(11-20)10-12-4-2-1-3-5-12/h1-5,13,17-18,20H,6-11H2,(H,15,19). The van der Waals surface area contributed by atoms with E-state index in [1.54, 1.807) is 0 Å². The number of hydrogen-bond acceptors (Lipinski definition) is 4. The van der Waals surface area contributed by atoms with Crippen molar-refractivity contribution in [2.24, 2.45) is 0 Å². The molecule has 6 heteroatoms. The molecule has 1 aromatic rings. The van der Waals surface area contributed by atoms with Crippen LogP contribution < -0.4 is 5.32 Å². The maximum atomic E-state index is 12.0. The van der Waals surface area contributed by atoms with Crippen LogP contribution in [-0.4, -0.2) is 59.2 Å². The Kier molecular flexibility index (Phi) is 8.10. The number of aliphatic hydroxyl groups excluding tert-OH is 2. The fraction of sp³-hybridized carbons (Fsp3) is 0.500. The first-order chi connectivity index (χ1) is 9.71. The normalized spacial score (nSPS) is 11.9. The average molecular weight is 298 g/mol. The van der Waals surface area contributed by atoms with E-state index >= 15 is 0 Å². The van der Waals surface area contributed by atoms with Gasteiger partial charge in [0.25, 0.3) is 0 Å². The van der Waals surface area contributed by atoms with Crippen LogP contribution in [0.15, 0.2) is 30.3 Å². The van der Waals surface area contributed by atoms with Crippen LogP contribution >= 0.6 is 12.6 Å². The highest BCUT2D eigenvalue weighted by molar-refractivity contribution is 7.80. The molecular weight excluding hydrogens is 276 g/mol. The number of benzene rings is 1. The predicted molar refractivity (Wildman–Crippen MR) is 82.1 cm³/mol. The molecule has 0 bridgehead atoms. The minimum Gasteiger partial charge on any atom is -0.395 e. The number of rotatable bonds is 8. The predicted octanol–water partition coefficient (Wildman–Crippen LogP) is 0.524. The fourth-order valence-electron chi connectivity index (χ4n) is 1.88. The molecule has 3 N–H and O–H groups in total. The van der Waals surface area contributed by atoms with Crippen LogP contribution in [0.25, 0.3) is 0 Å². The summed E-state index contributed by atoms with van der Waals surface area (Å²) in [7, 11) is 0. The quantitative estimate of drug-likeness (QED) is 0.529. The molecule has 1 atom stereocenters. The Balaban J connectivity index is 2.55. The molecule has 0 aliphatic rings. The van der Waals surface area contributed by atoms with Crippen molar-refractivity contribution >= 4 is 18.7 Å². The summed E-state index contributed by atoms with van der Waals surface area (Å²) in [5.41, 5.74) is 1.13. The van der Waals surface area contributed by atoms with Crippen LogP contribution in [-0.2, 0) is 6.42 Å². The molecule has 1 rings (SSSR count). The maximum absolute atomic E-state index is 12.0. The summed E-state index contributed by atoms with van der Waals surface area (Å²) in [6, 6.07) is 9.48. The Bertz CT molecular complexity index is 383. The molecule has 1 aromatic carbocycles. The van der Waals surface area contributed by atoms with Gasteiger partial charge in [-0.15, -0.1) is 0 Å². The van der Waals surface area contributed by atoms with Crippen LogP contribution in [0.2, 0.25) is 0 Å². The van der Waals surface area contributed by atoms with Crippen molar-refractivity contribution < 1.29 is 15.0 Å². The molecule has 0 aromatic heterocycles. The van der Waals surface area contributed by atoms with E-state index in [0.717, 1.165) is 5.56 Å². The van der Waals surface area contributed by atoms with Gasteiger partial charge in [-0.1, -0.05) is 30.3 Å². The Morgan fingerprint density at radius 1 is 1.20 bits per heavy atom. The number of thiol groups is 1. The van der Waals surface area contributed by atoms with Crippen LogP contribution in [0.4, 0.5) is 4.79 Å². The van der Waals surface area contributed by atoms with Crippen molar-refractivity contribution in [1.82, 2.24) is 10.2 Å². The Morgan fingerprint density at radius 3 is 2.30 bits per heavy atom. The van der Waals surface area contributed by atoms with Crippen LogP contribution in [0.1, 0.15) is 5.56 Å². The second kappa shape index (κ2) is 9.63. The molecule has 5 nitrogen and oxygen atoms in total. The Hall–Kier alpha value is -1.24. The van der Waals surface area contributed by atoms with Crippen molar-refractivity contribution in [3.63, 3.8) is 0 Å². The van der Waals surface area contributed by atoms with Gasteiger partial charge >= 0.3 is 6.03 Å². The van der Waals surface area contributed by atoms with E-state index in [1.165, 1.54) is 4.90 Å². The molecule has 20 heavy (non-hydrogen) atoms. The lowest BCUT2D eigenvalue weighted by Crippen LogP contribution is -2.48. The molecule has 0 saturated heterocycles. The van der Waals surface area contributed by atoms with Gasteiger partial charge in [0, 0.05) is 24.9 Å². The molecule has 2 amide bonds. The summed E-state index contributed by atoms with van der Waals surface area (Å²) in [6.45, 7) is 0.156. The smallest absolute Gasteiger partial charge is 0.317 e. The molecule has 1 unspecified atom stereocenters. The number of carbonyl (C=O) groups is 1. The van der Waals surface area contributed by atoms with Crippen molar-refractivity contribution in [2.45, 2.75) is 12.5 Å². The van der Waals surface area contributed by atoms with Gasteiger partial charge in [-0.3, -0.25) is 0 Å². The lowest BCUT2D eigenvalue weighted by molar-refractivity contribution is 0.156. The fourth-order valence-corrected chi connectivity index (χ4v) is 2.10. The van der Waals surface area contributed by atoms with Gasteiger partial charge in [0.15, 0.2) is 0 Å². The minimum absolute atomic E-state index is 0.0897. The molecule has 0 spiro atoms. The third kappa shape index (κ3) is 5.81. The number of nitrogens with one attached hydrogen (secondary N) is 1. The first kappa shape index (κ1) is 16.8. The Morgan fingerprint density at radius 2 is 1.80 bits per heavy atom. The number of hydrogen-bond donors (Lipinski definition) is 4. The Labute approximate surface area is 125 Å². The van der Waals surface area contributed by atoms with Gasteiger partial charge in [0.2, 0.25) is 0 Å². The highest BCUT2D eigenvalue weighted by Crippen LogP contribution is 2.05. The average Bonchev–Trinajstić information content (AvgIpc) is 2.47. The third-order valence-corrected chi connectivity index (χ3v) is 3.34. The van der Waals surface area contributed by atoms with Gasteiger partial charge in [0.05, 0.1) is 13.2 Å². The van der Waals surface area contributed by atoms with Crippen LogP contribution in [0.3, 0.4) is 0 Å². The number of urea groups is 1. The van der Waals surface area contributed by atoms with E-state index in [1.807, 2.05) is 30.3 Å². The summed E-state index contributed by atoms with van der Waals surface area (Å²) < 4.78 is 0. The highest BCUT2D eigenvalue weighted by atomic mass is 32.1. The summed E-state index contributed by atoms with van der Waals surface area (Å²) in [5.74, 6) is 0.521. The van der Waals surface area contributed by atoms with Crippen molar-refractivity contribution in [3.05, 3.63) is 35.9 Å². The van der Waals surface area contributed by atoms with Crippen molar-refractivity contribution in [3.8, 4) is 0 Å². The first-order valence-corrected chi connectivity index (χ1v) is 7.26. The topological polar surface area (TPSA) is 72.8 Å². The van der Waals surface area contributed by atoms with Crippen LogP contribution in [0, 0.1) is 0 Å². The number of nitrogens with zero attached hydrogens (tertiary/aromatic N) is 1. The maximum Gasteiger partial charge on any atom is 0.317 e. The molecule has 0 aliphatic heterocycles. The van der Waals surface area contributed by atoms with E-state index < -0.39 is 0 Å². The summed E-state index contributed by atoms with van der Waals surface area (Å²) in [6.07, 6.45) is 0.697. The molecule has 0 saturated carbocycles. The number of aliphatic hydroxyl groups is 2. The zero-order valence-electron chi connectivity index (χ0n) is 11.4. The molecule has 0 aliphatic carbocycles. The largest absolute Gasteiger partial charge is 0.395 e. The summed E-state index contributed by atoms with van der Waals surface area (Å²) in [4.78, 5) is 13.4. The van der Waals surface area contributed by atoms with Crippen molar-refractivity contribution in [1.29, 1.82) is 0 Å². The number of amides is 2. The highest BCUT2D eigenvalue weighted by Gasteiger charge is 2.16. The second-order valence-electron chi connectivity index (χ2n) is 4.45. The SMILES string of the molecule is O=C(NC(CS)Cc1ccccc1)N(CCO)CCO. The molecule has 0 radical (unpaired) electrons. The van der Waals surface area contributed by atoms with E-state index in [4.69, 9.17) is 10.2 Å². The van der Waals surface area contributed by atoms with E-state index in [-0.39, 0.29) is 38.4 Å². The minimum atomic E-state index is -0.289. The van der Waals surface area contributed by atoms with Crippen LogP contribution in [0.5, 0.6) is 0 Å². The van der Waals surface area contributed by atoms with E-state index in [2.05, 4.69) is 17.9 Å². The second-order valence-corrected chi connectivity index (χ2v) is 4.82. The van der Waals surface area contributed by atoms with Gasteiger partial charge in [-0.2, -0.15) is 12.6 Å². The van der Waals surface area contributed by atoms with E-state index in [0.29, 0.717) is 12.2 Å². The van der Waals surface area contributed by atoms with Gasteiger partial charge in [-0.25, -0.2) is 4.79 Å². The van der Waals surface area contributed by atoms with Gasteiger partial charge in [-0.05, 0) is 12.0 Å². The van der Waals surface area contributed by atoms with Gasteiger partial charge in [0.1, 0.15) is 0 Å².